The van der Waals surface area contributed by atoms with Gasteiger partial charge in [0, 0.05) is 0 Å². The van der Waals surface area contributed by atoms with Crippen molar-refractivity contribution in [3.63, 3.8) is 0 Å². The quantitative estimate of drug-likeness (QED) is 0.540. The minimum absolute atomic E-state index is 0.203. The molecule has 0 heterocycles. The molecule has 0 spiro atoms. The summed E-state index contributed by atoms with van der Waals surface area (Å²) in [5.74, 6) is -0.821. The summed E-state index contributed by atoms with van der Waals surface area (Å²) in [7, 11) is 0. The Morgan fingerprint density at radius 1 is 1.00 bits per heavy atom. The van der Waals surface area contributed by atoms with Gasteiger partial charge < -0.3 is 9.47 Å². The second kappa shape index (κ2) is 6.30. The Morgan fingerprint density at radius 3 is 1.62 bits per heavy atom. The predicted molar refractivity (Wildman–Crippen MR) is 58.6 cm³/mol. The molecular formula is C12H18O4. The van der Waals surface area contributed by atoms with Crippen molar-refractivity contribution in [3.05, 3.63) is 12.2 Å². The van der Waals surface area contributed by atoms with E-state index < -0.39 is 0 Å². The smallest absolute Gasteiger partial charge is 0.312 e. The summed E-state index contributed by atoms with van der Waals surface area (Å²) in [6, 6.07) is 0. The Morgan fingerprint density at radius 2 is 1.38 bits per heavy atom. The summed E-state index contributed by atoms with van der Waals surface area (Å²) in [6.45, 7) is 4.35. The molecule has 4 heteroatoms. The maximum atomic E-state index is 11.4. The van der Waals surface area contributed by atoms with E-state index in [9.17, 15) is 9.59 Å². The second-order valence-corrected chi connectivity index (χ2v) is 3.68. The summed E-state index contributed by atoms with van der Waals surface area (Å²) >= 11 is 0. The Kier molecular flexibility index (Phi) is 5.02. The van der Waals surface area contributed by atoms with Gasteiger partial charge in [0.25, 0.3) is 0 Å². The van der Waals surface area contributed by atoms with Crippen molar-refractivity contribution in [1.29, 1.82) is 0 Å². The minimum Gasteiger partial charge on any atom is -0.466 e. The van der Waals surface area contributed by atoms with E-state index in [4.69, 9.17) is 9.47 Å². The molecule has 0 saturated heterocycles. The lowest BCUT2D eigenvalue weighted by molar-refractivity contribution is -0.150. The third-order valence-electron chi connectivity index (χ3n) is 2.54. The van der Waals surface area contributed by atoms with Gasteiger partial charge in [-0.05, 0) is 26.7 Å². The standard InChI is InChI=1S/C12H18O4/c1-3-15-11(13)9-5-7-10(8-6-9)12(14)16-4-2/h5,7,9-10H,3-4,6,8H2,1-2H3. The van der Waals surface area contributed by atoms with Crippen LogP contribution in [0, 0.1) is 11.8 Å². The first kappa shape index (κ1) is 12.7. The van der Waals surface area contributed by atoms with Crippen LogP contribution in [0.1, 0.15) is 26.7 Å². The van der Waals surface area contributed by atoms with Crippen LogP contribution in [0.3, 0.4) is 0 Å². The van der Waals surface area contributed by atoms with Gasteiger partial charge >= 0.3 is 11.9 Å². The molecule has 0 aromatic carbocycles. The first-order valence-electron chi connectivity index (χ1n) is 5.70. The fraction of sp³-hybridized carbons (Fsp3) is 0.667. The number of carbonyl (C=O) groups is 2. The van der Waals surface area contributed by atoms with Crippen LogP contribution in [0.15, 0.2) is 12.2 Å². The maximum absolute atomic E-state index is 11.4. The highest BCUT2D eigenvalue weighted by molar-refractivity contribution is 5.78. The molecule has 0 aromatic heterocycles. The van der Waals surface area contributed by atoms with E-state index in [0.29, 0.717) is 26.1 Å². The van der Waals surface area contributed by atoms with Crippen LogP contribution in [0.2, 0.25) is 0 Å². The summed E-state index contributed by atoms with van der Waals surface area (Å²) in [5, 5.41) is 0. The van der Waals surface area contributed by atoms with Crippen LogP contribution >= 0.6 is 0 Å². The van der Waals surface area contributed by atoms with Crippen molar-refractivity contribution in [3.8, 4) is 0 Å². The van der Waals surface area contributed by atoms with Crippen molar-refractivity contribution in [2.24, 2.45) is 11.8 Å². The zero-order valence-corrected chi connectivity index (χ0v) is 9.77. The highest BCUT2D eigenvalue weighted by Crippen LogP contribution is 2.24. The van der Waals surface area contributed by atoms with Gasteiger partial charge in [-0.3, -0.25) is 9.59 Å². The molecular weight excluding hydrogens is 208 g/mol. The lowest BCUT2D eigenvalue weighted by atomic mass is 9.88. The molecule has 1 aliphatic carbocycles. The number of esters is 2. The van der Waals surface area contributed by atoms with Crippen molar-refractivity contribution < 1.29 is 19.1 Å². The molecule has 0 radical (unpaired) electrons. The summed E-state index contributed by atoms with van der Waals surface area (Å²) in [6.07, 6.45) is 4.81. The molecule has 4 nitrogen and oxygen atoms in total. The van der Waals surface area contributed by atoms with Crippen LogP contribution in [0.25, 0.3) is 0 Å². The molecule has 0 bridgehead atoms. The van der Waals surface area contributed by atoms with Gasteiger partial charge in [0.15, 0.2) is 0 Å². The summed E-state index contributed by atoms with van der Waals surface area (Å²) in [5.41, 5.74) is 0. The maximum Gasteiger partial charge on any atom is 0.312 e. The average Bonchev–Trinajstić information content (AvgIpc) is 2.30. The Hall–Kier alpha value is -1.32. The first-order chi connectivity index (χ1) is 7.69. The van der Waals surface area contributed by atoms with Crippen LogP contribution in [-0.2, 0) is 19.1 Å². The third-order valence-corrected chi connectivity index (χ3v) is 2.54. The van der Waals surface area contributed by atoms with Gasteiger partial charge in [-0.15, -0.1) is 0 Å². The van der Waals surface area contributed by atoms with Crippen molar-refractivity contribution in [2.75, 3.05) is 13.2 Å². The highest BCUT2D eigenvalue weighted by Gasteiger charge is 2.26. The molecule has 0 aromatic rings. The molecule has 16 heavy (non-hydrogen) atoms. The van der Waals surface area contributed by atoms with E-state index in [2.05, 4.69) is 0 Å². The molecule has 0 saturated carbocycles. The van der Waals surface area contributed by atoms with E-state index in [1.165, 1.54) is 0 Å². The van der Waals surface area contributed by atoms with Gasteiger partial charge in [-0.25, -0.2) is 0 Å². The molecule has 1 rings (SSSR count). The zero-order chi connectivity index (χ0) is 12.0. The van der Waals surface area contributed by atoms with E-state index in [-0.39, 0.29) is 23.8 Å². The SMILES string of the molecule is CCOC(=O)C1C=CC(C(=O)OCC)CC1. The van der Waals surface area contributed by atoms with Crippen molar-refractivity contribution in [1.82, 2.24) is 0 Å². The molecule has 2 atom stereocenters. The molecule has 2 unspecified atom stereocenters. The first-order valence-corrected chi connectivity index (χ1v) is 5.70. The summed E-state index contributed by atoms with van der Waals surface area (Å²) < 4.78 is 9.84. The number of hydrogen-bond acceptors (Lipinski definition) is 4. The van der Waals surface area contributed by atoms with Gasteiger partial charge in [0.2, 0.25) is 0 Å². The number of hydrogen-bond donors (Lipinski definition) is 0. The average molecular weight is 226 g/mol. The molecule has 0 fully saturated rings. The van der Waals surface area contributed by atoms with Gasteiger partial charge in [-0.2, -0.15) is 0 Å². The predicted octanol–water partition coefficient (Wildman–Crippen LogP) is 1.70. The van der Waals surface area contributed by atoms with Crippen LogP contribution in [0.5, 0.6) is 0 Å². The molecule has 1 aliphatic rings. The van der Waals surface area contributed by atoms with E-state index in [1.807, 2.05) is 0 Å². The zero-order valence-electron chi connectivity index (χ0n) is 9.77. The molecule has 0 aliphatic heterocycles. The lowest BCUT2D eigenvalue weighted by Crippen LogP contribution is -2.24. The van der Waals surface area contributed by atoms with Crippen LogP contribution < -0.4 is 0 Å². The van der Waals surface area contributed by atoms with Gasteiger partial charge in [0.1, 0.15) is 0 Å². The topological polar surface area (TPSA) is 52.6 Å². The second-order valence-electron chi connectivity index (χ2n) is 3.68. The van der Waals surface area contributed by atoms with Crippen molar-refractivity contribution in [2.45, 2.75) is 26.7 Å². The van der Waals surface area contributed by atoms with Gasteiger partial charge in [0.05, 0.1) is 25.0 Å². The number of carbonyl (C=O) groups excluding carboxylic acids is 2. The fourth-order valence-corrected chi connectivity index (χ4v) is 1.71. The van der Waals surface area contributed by atoms with Crippen LogP contribution in [0.4, 0.5) is 0 Å². The number of ether oxygens (including phenoxy) is 2. The van der Waals surface area contributed by atoms with Crippen molar-refractivity contribution >= 4 is 11.9 Å². The third kappa shape index (κ3) is 3.36. The Balaban J connectivity index is 2.48. The monoisotopic (exact) mass is 226 g/mol. The normalized spacial score (nSPS) is 23.9. The molecule has 90 valence electrons. The number of rotatable bonds is 4. The molecule has 0 N–H and O–H groups in total. The summed E-state index contributed by atoms with van der Waals surface area (Å²) in [4.78, 5) is 22.8. The fourth-order valence-electron chi connectivity index (χ4n) is 1.71. The van der Waals surface area contributed by atoms with E-state index in [1.54, 1.807) is 26.0 Å². The van der Waals surface area contributed by atoms with E-state index in [0.717, 1.165) is 0 Å². The van der Waals surface area contributed by atoms with E-state index >= 15 is 0 Å². The Bertz CT molecular complexity index is 255. The largest absolute Gasteiger partial charge is 0.466 e. The lowest BCUT2D eigenvalue weighted by Gasteiger charge is -2.20. The minimum atomic E-state index is -0.207. The van der Waals surface area contributed by atoms with Crippen LogP contribution in [-0.4, -0.2) is 25.2 Å². The van der Waals surface area contributed by atoms with Gasteiger partial charge in [-0.1, -0.05) is 12.2 Å². The Labute approximate surface area is 95.6 Å². The molecule has 0 amide bonds. The highest BCUT2D eigenvalue weighted by atomic mass is 16.5.